The first kappa shape index (κ1) is 24.5. The number of ether oxygens (including phenoxy) is 1. The van der Waals surface area contributed by atoms with Gasteiger partial charge in [0.25, 0.3) is 0 Å². The second-order valence-corrected chi connectivity index (χ2v) is 9.69. The summed E-state index contributed by atoms with van der Waals surface area (Å²) >= 11 is 0. The number of hydrogen-bond acceptors (Lipinski definition) is 9. The minimum absolute atomic E-state index is 0.105. The topological polar surface area (TPSA) is 110 Å². The molecule has 6 rings (SSSR count). The van der Waals surface area contributed by atoms with Gasteiger partial charge in [-0.15, -0.1) is 0 Å². The number of carbonyl (C=O) groups is 1. The first-order valence-corrected chi connectivity index (χ1v) is 12.9. The number of aromatic nitrogens is 6. The number of anilines is 3. The number of imidazole rings is 1. The van der Waals surface area contributed by atoms with Crippen LogP contribution in [0.15, 0.2) is 74.1 Å². The second kappa shape index (κ2) is 10.5. The summed E-state index contributed by atoms with van der Waals surface area (Å²) in [5, 5.41) is 3.39. The lowest BCUT2D eigenvalue weighted by atomic mass is 9.92. The zero-order valence-electron chi connectivity index (χ0n) is 21.6. The number of ketones is 1. The van der Waals surface area contributed by atoms with Crippen molar-refractivity contribution in [1.82, 2.24) is 29.3 Å². The van der Waals surface area contributed by atoms with E-state index in [-0.39, 0.29) is 5.78 Å². The van der Waals surface area contributed by atoms with E-state index in [1.165, 1.54) is 12.4 Å². The molecule has 196 valence electrons. The van der Waals surface area contributed by atoms with Crippen LogP contribution in [0.4, 0.5) is 17.5 Å². The number of carbonyl (C=O) groups excluding carboxylic acids is 1. The van der Waals surface area contributed by atoms with Gasteiger partial charge in [0.1, 0.15) is 34.5 Å². The van der Waals surface area contributed by atoms with Crippen LogP contribution >= 0.6 is 0 Å². The number of allylic oxidation sites excluding steroid dienone is 1. The van der Waals surface area contributed by atoms with Gasteiger partial charge in [0.2, 0.25) is 5.95 Å². The van der Waals surface area contributed by atoms with Gasteiger partial charge in [-0.2, -0.15) is 0 Å². The summed E-state index contributed by atoms with van der Waals surface area (Å²) in [7, 11) is 0. The van der Waals surface area contributed by atoms with Gasteiger partial charge in [0, 0.05) is 49.9 Å². The largest absolute Gasteiger partial charge is 0.457 e. The molecule has 5 aromatic rings. The molecule has 5 heterocycles. The molecule has 1 fully saturated rings. The van der Waals surface area contributed by atoms with Crippen LogP contribution in [0.1, 0.15) is 24.8 Å². The minimum Gasteiger partial charge on any atom is -0.457 e. The Bertz CT molecular complexity index is 1670. The van der Waals surface area contributed by atoms with E-state index in [0.717, 1.165) is 54.3 Å². The molecule has 0 atom stereocenters. The van der Waals surface area contributed by atoms with E-state index in [4.69, 9.17) is 9.72 Å². The first-order valence-electron chi connectivity index (χ1n) is 12.9. The van der Waals surface area contributed by atoms with Gasteiger partial charge in [-0.3, -0.25) is 4.79 Å². The molecule has 0 spiro atoms. The molecule has 0 unspecified atom stereocenters. The maximum absolute atomic E-state index is 11.7. The van der Waals surface area contributed by atoms with Crippen LogP contribution in [0.2, 0.25) is 0 Å². The van der Waals surface area contributed by atoms with Crippen molar-refractivity contribution in [3.05, 3.63) is 79.7 Å². The third-order valence-corrected chi connectivity index (χ3v) is 7.01. The molecule has 0 radical (unpaired) electrons. The molecule has 4 aromatic heterocycles. The van der Waals surface area contributed by atoms with Crippen molar-refractivity contribution < 1.29 is 9.53 Å². The average molecular weight is 521 g/mol. The van der Waals surface area contributed by atoms with Gasteiger partial charge in [-0.05, 0) is 61.6 Å². The van der Waals surface area contributed by atoms with Crippen molar-refractivity contribution in [2.75, 3.05) is 23.3 Å². The molecule has 0 aliphatic carbocycles. The Labute approximate surface area is 225 Å². The molecule has 1 aromatic carbocycles. The molecule has 1 N–H and O–H groups in total. The fourth-order valence-electron chi connectivity index (χ4n) is 4.85. The highest BCUT2D eigenvalue weighted by Gasteiger charge is 2.23. The number of nitrogens with zero attached hydrogens (tertiary/aromatic N) is 7. The molecule has 10 heteroatoms. The normalized spacial score (nSPS) is 14.0. The van der Waals surface area contributed by atoms with E-state index in [1.54, 1.807) is 12.4 Å². The predicted molar refractivity (Wildman–Crippen MR) is 150 cm³/mol. The summed E-state index contributed by atoms with van der Waals surface area (Å²) in [6, 6.07) is 9.70. The van der Waals surface area contributed by atoms with Gasteiger partial charge in [0.05, 0.1) is 6.20 Å². The number of nitrogens with one attached hydrogen (secondary N) is 1. The third kappa shape index (κ3) is 5.26. The predicted octanol–water partition coefficient (Wildman–Crippen LogP) is 5.27. The molecule has 0 saturated carbocycles. The van der Waals surface area contributed by atoms with Gasteiger partial charge in [0.15, 0.2) is 11.6 Å². The number of rotatable bonds is 8. The maximum atomic E-state index is 11.7. The third-order valence-electron chi connectivity index (χ3n) is 7.01. The van der Waals surface area contributed by atoms with Crippen molar-refractivity contribution in [3.63, 3.8) is 0 Å². The molecular weight excluding hydrogens is 492 g/mol. The standard InChI is InChI=1S/C29H28N8O2/c1-3-22(38)15-20-6-10-37(11-7-20)29-31-17-24-27(35-29)28(33-18-32-24)34-21-4-5-25(19(2)14-21)39-23-8-12-36-13-9-30-26(36)16-23/h3-5,8-9,12-14,16-18,20H,1,6-7,10-11,15H2,2H3,(H,32,33,34). The molecular formula is C29H28N8O2. The van der Waals surface area contributed by atoms with Crippen molar-refractivity contribution in [2.45, 2.75) is 26.2 Å². The van der Waals surface area contributed by atoms with Crippen LogP contribution in [-0.4, -0.2) is 48.2 Å². The lowest BCUT2D eigenvalue weighted by Gasteiger charge is -2.31. The molecule has 1 aliphatic rings. The number of piperidine rings is 1. The van der Waals surface area contributed by atoms with Crippen molar-refractivity contribution in [3.8, 4) is 11.5 Å². The van der Waals surface area contributed by atoms with Crippen LogP contribution in [0.25, 0.3) is 16.7 Å². The maximum Gasteiger partial charge on any atom is 0.226 e. The van der Waals surface area contributed by atoms with Crippen LogP contribution in [0.5, 0.6) is 11.5 Å². The summed E-state index contributed by atoms with van der Waals surface area (Å²) in [6.45, 7) is 7.18. The Balaban J connectivity index is 1.18. The molecule has 0 bridgehead atoms. The number of fused-ring (bicyclic) bond motifs is 2. The van der Waals surface area contributed by atoms with E-state index in [0.29, 0.717) is 35.1 Å². The lowest BCUT2D eigenvalue weighted by Crippen LogP contribution is -2.35. The Morgan fingerprint density at radius 3 is 2.82 bits per heavy atom. The van der Waals surface area contributed by atoms with E-state index in [2.05, 4.69) is 36.7 Å². The molecule has 39 heavy (non-hydrogen) atoms. The van der Waals surface area contributed by atoms with E-state index >= 15 is 0 Å². The lowest BCUT2D eigenvalue weighted by molar-refractivity contribution is -0.115. The summed E-state index contributed by atoms with van der Waals surface area (Å²) < 4.78 is 8.06. The fraction of sp³-hybridized carbons (Fsp3) is 0.241. The van der Waals surface area contributed by atoms with E-state index < -0.39 is 0 Å². The zero-order valence-corrected chi connectivity index (χ0v) is 21.6. The smallest absolute Gasteiger partial charge is 0.226 e. The Morgan fingerprint density at radius 1 is 1.13 bits per heavy atom. The number of benzene rings is 1. The first-order chi connectivity index (χ1) is 19.1. The monoisotopic (exact) mass is 520 g/mol. The fourth-order valence-corrected chi connectivity index (χ4v) is 4.85. The summed E-state index contributed by atoms with van der Waals surface area (Å²) in [5.41, 5.74) is 3.96. The van der Waals surface area contributed by atoms with Gasteiger partial charge < -0.3 is 19.4 Å². The molecule has 1 aliphatic heterocycles. The second-order valence-electron chi connectivity index (χ2n) is 9.69. The van der Waals surface area contributed by atoms with Gasteiger partial charge in [-0.1, -0.05) is 6.58 Å². The Kier molecular flexibility index (Phi) is 6.58. The van der Waals surface area contributed by atoms with Gasteiger partial charge in [-0.25, -0.2) is 24.9 Å². The van der Waals surface area contributed by atoms with E-state index in [1.807, 2.05) is 54.0 Å². The molecule has 1 saturated heterocycles. The van der Waals surface area contributed by atoms with Crippen LogP contribution in [-0.2, 0) is 4.79 Å². The summed E-state index contributed by atoms with van der Waals surface area (Å²) in [4.78, 5) is 36.4. The SMILES string of the molecule is C=CC(=O)CC1CCN(c2ncc3ncnc(Nc4ccc(Oc5ccn6ccnc6c5)c(C)c4)c3n2)CC1. The molecule has 10 nitrogen and oxygen atoms in total. The van der Waals surface area contributed by atoms with Crippen molar-refractivity contribution in [2.24, 2.45) is 5.92 Å². The van der Waals surface area contributed by atoms with Crippen molar-refractivity contribution in [1.29, 1.82) is 0 Å². The Hall–Kier alpha value is -4.86. The highest BCUT2D eigenvalue weighted by atomic mass is 16.5. The Morgan fingerprint density at radius 2 is 2.00 bits per heavy atom. The zero-order chi connectivity index (χ0) is 26.8. The minimum atomic E-state index is 0.105. The number of aryl methyl sites for hydroxylation is 1. The number of pyridine rings is 1. The quantitative estimate of drug-likeness (QED) is 0.273. The summed E-state index contributed by atoms with van der Waals surface area (Å²) in [5.74, 6) is 3.20. The van der Waals surface area contributed by atoms with Crippen LogP contribution in [0.3, 0.4) is 0 Å². The van der Waals surface area contributed by atoms with Gasteiger partial charge >= 0.3 is 0 Å². The highest BCUT2D eigenvalue weighted by Crippen LogP contribution is 2.30. The van der Waals surface area contributed by atoms with Crippen molar-refractivity contribution >= 4 is 39.9 Å². The van der Waals surface area contributed by atoms with E-state index in [9.17, 15) is 4.79 Å². The average Bonchev–Trinajstić information content (AvgIpc) is 3.43. The van der Waals surface area contributed by atoms with Crippen LogP contribution < -0.4 is 15.0 Å². The summed E-state index contributed by atoms with van der Waals surface area (Å²) in [6.07, 6.45) is 12.6. The van der Waals surface area contributed by atoms with Crippen LogP contribution in [0, 0.1) is 12.8 Å². The highest BCUT2D eigenvalue weighted by molar-refractivity contribution is 5.89. The number of hydrogen-bond donors (Lipinski definition) is 1. The molecule has 0 amide bonds.